The highest BCUT2D eigenvalue weighted by atomic mass is 32.2. The molecular formula is C23H31N5O3S. The number of carbonyl (C=O) groups is 3. The maximum absolute atomic E-state index is 13.6. The van der Waals surface area contributed by atoms with Gasteiger partial charge in [0.2, 0.25) is 11.8 Å². The quantitative estimate of drug-likeness (QED) is 0.546. The van der Waals surface area contributed by atoms with Gasteiger partial charge in [-0.2, -0.15) is 0 Å². The summed E-state index contributed by atoms with van der Waals surface area (Å²) in [5, 5.41) is 12.3. The number of likely N-dealkylation sites (N-methyl/N-ethyl adjacent to an activating group) is 1. The van der Waals surface area contributed by atoms with Crippen molar-refractivity contribution < 1.29 is 14.4 Å². The molecule has 5 rings (SSSR count). The van der Waals surface area contributed by atoms with E-state index in [0.717, 1.165) is 19.3 Å². The normalized spacial score (nSPS) is 34.8. The second kappa shape index (κ2) is 8.68. The van der Waals surface area contributed by atoms with Crippen LogP contribution in [-0.4, -0.2) is 59.2 Å². The highest BCUT2D eigenvalue weighted by Gasteiger charge is 2.54. The summed E-state index contributed by atoms with van der Waals surface area (Å²) in [5.74, 6) is 0.228. The van der Waals surface area contributed by atoms with E-state index >= 15 is 0 Å². The summed E-state index contributed by atoms with van der Waals surface area (Å²) in [5.41, 5.74) is 2.52. The second-order valence-corrected chi connectivity index (χ2v) is 10.4. The molecule has 0 bridgehead atoms. The van der Waals surface area contributed by atoms with E-state index in [0.29, 0.717) is 13.0 Å². The molecule has 1 aromatic rings. The number of amides is 3. The molecule has 7 atom stereocenters. The molecule has 3 heterocycles. The van der Waals surface area contributed by atoms with Gasteiger partial charge >= 0.3 is 0 Å². The summed E-state index contributed by atoms with van der Waals surface area (Å²) < 4.78 is 0. The average Bonchev–Trinajstić information content (AvgIpc) is 2.97. The van der Waals surface area contributed by atoms with Crippen molar-refractivity contribution in [3.8, 4) is 0 Å². The van der Waals surface area contributed by atoms with Crippen LogP contribution in [0.5, 0.6) is 0 Å². The van der Waals surface area contributed by atoms with Crippen molar-refractivity contribution in [2.24, 2.45) is 11.8 Å². The average molecular weight is 458 g/mol. The van der Waals surface area contributed by atoms with Crippen molar-refractivity contribution in [1.29, 1.82) is 0 Å². The van der Waals surface area contributed by atoms with Crippen LogP contribution in [0.15, 0.2) is 24.3 Å². The summed E-state index contributed by atoms with van der Waals surface area (Å²) in [7, 11) is 1.72. The maximum Gasteiger partial charge on any atom is 0.281 e. The first-order valence-corrected chi connectivity index (χ1v) is 12.4. The third kappa shape index (κ3) is 3.70. The number of aryl methyl sites for hydroxylation is 1. The second-order valence-electron chi connectivity index (χ2n) is 9.29. The van der Waals surface area contributed by atoms with E-state index in [-0.39, 0.29) is 52.5 Å². The fraction of sp³-hybridized carbons (Fsp3) is 0.609. The van der Waals surface area contributed by atoms with E-state index in [2.05, 4.69) is 39.5 Å². The Morgan fingerprint density at radius 1 is 1.22 bits per heavy atom. The number of hydrogen-bond acceptors (Lipinski definition) is 6. The van der Waals surface area contributed by atoms with Gasteiger partial charge in [0, 0.05) is 0 Å². The molecular weight excluding hydrogens is 426 g/mol. The molecule has 4 aliphatic rings. The molecule has 1 aliphatic carbocycles. The highest BCUT2D eigenvalue weighted by Crippen LogP contribution is 2.51. The Morgan fingerprint density at radius 2 is 2.03 bits per heavy atom. The molecule has 172 valence electrons. The number of rotatable bonds is 3. The molecule has 7 unspecified atom stereocenters. The first-order valence-electron chi connectivity index (χ1n) is 11.6. The van der Waals surface area contributed by atoms with Crippen molar-refractivity contribution in [2.45, 2.75) is 62.3 Å². The zero-order chi connectivity index (χ0) is 22.4. The van der Waals surface area contributed by atoms with Gasteiger partial charge in [-0.3, -0.25) is 19.7 Å². The highest BCUT2D eigenvalue weighted by molar-refractivity contribution is 8.14. The minimum absolute atomic E-state index is 0.0134. The number of nitrogens with one attached hydrogen (secondary N) is 4. The monoisotopic (exact) mass is 457 g/mol. The zero-order valence-corrected chi connectivity index (χ0v) is 19.3. The Labute approximate surface area is 192 Å². The summed E-state index contributed by atoms with van der Waals surface area (Å²) in [4.78, 5) is 40.9. The Bertz CT molecular complexity index is 927. The Balaban J connectivity index is 1.42. The standard InChI is InChI=1S/C23H31N5O3S/c1-12(24-2)20(29)26-17-9-10-25-18-11-16-15-8-7-13-5-3-4-6-14(13)19(15)27-23(31)32-22(16)28(18)21(17)30/h3-6,12,15-19,22,24-25H,7-11H2,1-2H3,(H,26,29)(H,27,31). The third-order valence-corrected chi connectivity index (χ3v) is 8.75. The smallest absolute Gasteiger partial charge is 0.281 e. The molecule has 3 aliphatic heterocycles. The van der Waals surface area contributed by atoms with Crippen LogP contribution in [-0.2, 0) is 16.0 Å². The van der Waals surface area contributed by atoms with E-state index in [4.69, 9.17) is 0 Å². The predicted molar refractivity (Wildman–Crippen MR) is 123 cm³/mol. The van der Waals surface area contributed by atoms with Crippen LogP contribution >= 0.6 is 11.8 Å². The van der Waals surface area contributed by atoms with Gasteiger partial charge < -0.3 is 20.9 Å². The van der Waals surface area contributed by atoms with Gasteiger partial charge in [0.05, 0.1) is 23.6 Å². The van der Waals surface area contributed by atoms with Crippen molar-refractivity contribution in [3.63, 3.8) is 0 Å². The van der Waals surface area contributed by atoms with Crippen LogP contribution in [0.2, 0.25) is 0 Å². The van der Waals surface area contributed by atoms with Gasteiger partial charge in [0.25, 0.3) is 5.24 Å². The molecule has 3 amide bonds. The summed E-state index contributed by atoms with van der Waals surface area (Å²) in [6, 6.07) is 7.41. The van der Waals surface area contributed by atoms with Gasteiger partial charge in [0.15, 0.2) is 0 Å². The predicted octanol–water partition coefficient (Wildman–Crippen LogP) is 1.33. The van der Waals surface area contributed by atoms with Gasteiger partial charge in [-0.25, -0.2) is 0 Å². The lowest BCUT2D eigenvalue weighted by molar-refractivity contribution is -0.137. The van der Waals surface area contributed by atoms with Gasteiger partial charge in [-0.1, -0.05) is 24.3 Å². The number of hydrogen-bond donors (Lipinski definition) is 4. The summed E-state index contributed by atoms with van der Waals surface area (Å²) in [6.07, 6.45) is 3.26. The number of thioether (sulfide) groups is 1. The lowest BCUT2D eigenvalue weighted by Gasteiger charge is -2.37. The summed E-state index contributed by atoms with van der Waals surface area (Å²) >= 11 is 1.24. The van der Waals surface area contributed by atoms with Crippen molar-refractivity contribution in [1.82, 2.24) is 26.2 Å². The lowest BCUT2D eigenvalue weighted by Crippen LogP contribution is -2.54. The van der Waals surface area contributed by atoms with Crippen molar-refractivity contribution >= 4 is 28.8 Å². The summed E-state index contributed by atoms with van der Waals surface area (Å²) in [6.45, 7) is 2.43. The Kier molecular flexibility index (Phi) is 5.90. The van der Waals surface area contributed by atoms with E-state index < -0.39 is 6.04 Å². The molecule has 0 spiro atoms. The molecule has 32 heavy (non-hydrogen) atoms. The minimum atomic E-state index is -0.579. The number of carbonyl (C=O) groups excluding carboxylic acids is 3. The van der Waals surface area contributed by atoms with E-state index in [1.54, 1.807) is 14.0 Å². The first-order chi connectivity index (χ1) is 15.5. The van der Waals surface area contributed by atoms with Crippen LogP contribution in [0, 0.1) is 11.8 Å². The van der Waals surface area contributed by atoms with E-state index in [1.807, 2.05) is 11.0 Å². The van der Waals surface area contributed by atoms with Crippen LogP contribution in [0.1, 0.15) is 43.4 Å². The van der Waals surface area contributed by atoms with Crippen LogP contribution < -0.4 is 21.3 Å². The van der Waals surface area contributed by atoms with Crippen molar-refractivity contribution in [2.75, 3.05) is 13.6 Å². The molecule has 0 radical (unpaired) electrons. The zero-order valence-electron chi connectivity index (χ0n) is 18.5. The van der Waals surface area contributed by atoms with Crippen LogP contribution in [0.25, 0.3) is 0 Å². The first kappa shape index (κ1) is 21.7. The fourth-order valence-corrected chi connectivity index (χ4v) is 7.09. The Morgan fingerprint density at radius 3 is 2.84 bits per heavy atom. The fourth-order valence-electron chi connectivity index (χ4n) is 5.82. The van der Waals surface area contributed by atoms with Crippen molar-refractivity contribution in [3.05, 3.63) is 35.4 Å². The van der Waals surface area contributed by atoms with Crippen LogP contribution in [0.4, 0.5) is 4.79 Å². The third-order valence-electron chi connectivity index (χ3n) is 7.60. The van der Waals surface area contributed by atoms with Gasteiger partial charge in [-0.15, -0.1) is 0 Å². The topological polar surface area (TPSA) is 103 Å². The molecule has 3 fully saturated rings. The lowest BCUT2D eigenvalue weighted by atomic mass is 9.73. The van der Waals surface area contributed by atoms with E-state index in [1.165, 1.54) is 22.9 Å². The van der Waals surface area contributed by atoms with E-state index in [9.17, 15) is 14.4 Å². The molecule has 1 aromatic carbocycles. The largest absolute Gasteiger partial charge is 0.343 e. The molecule has 9 heteroatoms. The molecule has 8 nitrogen and oxygen atoms in total. The SMILES string of the molecule is CNC(C)C(=O)NC1CCNC2CC3C4CCc5ccccc5C4NC(=O)SC3N2C1=O. The minimum Gasteiger partial charge on any atom is -0.343 e. The van der Waals surface area contributed by atoms with Gasteiger partial charge in [0.1, 0.15) is 6.04 Å². The molecule has 0 saturated carbocycles. The number of nitrogens with zero attached hydrogens (tertiary/aromatic N) is 1. The Hall–Kier alpha value is -2.10. The number of benzene rings is 1. The molecule has 3 saturated heterocycles. The number of fused-ring (bicyclic) bond motifs is 7. The maximum atomic E-state index is 13.6. The van der Waals surface area contributed by atoms with Crippen LogP contribution in [0.3, 0.4) is 0 Å². The molecule has 0 aromatic heterocycles. The van der Waals surface area contributed by atoms with Gasteiger partial charge in [-0.05, 0) is 80.9 Å². The molecule has 4 N–H and O–H groups in total.